The normalized spacial score (nSPS) is 11.0. The second-order valence-corrected chi connectivity index (χ2v) is 8.43. The number of carbonyl (C=O) groups is 2. The topological polar surface area (TPSA) is 58.2 Å². The molecule has 0 unspecified atom stereocenters. The van der Waals surface area contributed by atoms with Gasteiger partial charge in [0.1, 0.15) is 5.70 Å². The van der Waals surface area contributed by atoms with E-state index in [-0.39, 0.29) is 11.6 Å². The van der Waals surface area contributed by atoms with Crippen LogP contribution in [0, 0.1) is 0 Å². The molecule has 0 aliphatic carbocycles. The third kappa shape index (κ3) is 6.03. The Kier molecular flexibility index (Phi) is 7.58. The fourth-order valence-electron chi connectivity index (χ4n) is 3.38. The summed E-state index contributed by atoms with van der Waals surface area (Å²) in [5.41, 5.74) is 4.28. The highest BCUT2D eigenvalue weighted by molar-refractivity contribution is 7.98. The molecule has 0 heterocycles. The molecule has 0 spiro atoms. The summed E-state index contributed by atoms with van der Waals surface area (Å²) in [5.74, 6) is -0.742. The average molecular weight is 465 g/mol. The summed E-state index contributed by atoms with van der Waals surface area (Å²) >= 11 is 1.63. The van der Waals surface area contributed by atoms with Crippen molar-refractivity contribution in [2.24, 2.45) is 0 Å². The van der Waals surface area contributed by atoms with Crippen molar-refractivity contribution in [1.82, 2.24) is 5.32 Å². The zero-order valence-electron chi connectivity index (χ0n) is 18.7. The van der Waals surface area contributed by atoms with Crippen molar-refractivity contribution in [2.45, 2.75) is 4.90 Å². The molecule has 0 saturated heterocycles. The predicted octanol–water partition coefficient (Wildman–Crippen LogP) is 6.49. The SMILES string of the molecule is CSc1ccc(NC(=O)/C(=C/c2ccc(-c3ccccc3)cc2)NC(=O)c2ccccc2)cc1. The molecule has 5 heteroatoms. The Morgan fingerprint density at radius 2 is 1.29 bits per heavy atom. The number of anilines is 1. The Hall–Kier alpha value is -4.09. The van der Waals surface area contributed by atoms with Crippen LogP contribution in [0.15, 0.2) is 120 Å². The largest absolute Gasteiger partial charge is 0.321 e. The van der Waals surface area contributed by atoms with Crippen molar-refractivity contribution in [1.29, 1.82) is 0 Å². The van der Waals surface area contributed by atoms with E-state index >= 15 is 0 Å². The van der Waals surface area contributed by atoms with E-state index in [0.29, 0.717) is 11.3 Å². The fraction of sp³-hybridized carbons (Fsp3) is 0.0345. The van der Waals surface area contributed by atoms with Crippen molar-refractivity contribution < 1.29 is 9.59 Å². The Bertz CT molecular complexity index is 1280. The molecule has 0 atom stereocenters. The van der Waals surface area contributed by atoms with E-state index in [4.69, 9.17) is 0 Å². The highest BCUT2D eigenvalue weighted by atomic mass is 32.2. The number of thioether (sulfide) groups is 1. The molecule has 4 rings (SSSR count). The van der Waals surface area contributed by atoms with Gasteiger partial charge in [0.25, 0.3) is 11.8 Å². The molecule has 0 aromatic heterocycles. The van der Waals surface area contributed by atoms with Crippen molar-refractivity contribution in [2.75, 3.05) is 11.6 Å². The molecule has 4 aromatic carbocycles. The summed E-state index contributed by atoms with van der Waals surface area (Å²) in [6.45, 7) is 0. The Balaban J connectivity index is 1.60. The van der Waals surface area contributed by atoms with E-state index in [1.165, 1.54) is 0 Å². The molecule has 0 saturated carbocycles. The van der Waals surface area contributed by atoms with Gasteiger partial charge in [0.15, 0.2) is 0 Å². The molecule has 0 fully saturated rings. The van der Waals surface area contributed by atoms with Gasteiger partial charge in [-0.15, -0.1) is 11.8 Å². The lowest BCUT2D eigenvalue weighted by atomic mass is 10.0. The van der Waals surface area contributed by atoms with E-state index in [2.05, 4.69) is 10.6 Å². The molecule has 0 radical (unpaired) electrons. The van der Waals surface area contributed by atoms with Crippen LogP contribution >= 0.6 is 11.8 Å². The minimum Gasteiger partial charge on any atom is -0.321 e. The Labute approximate surface area is 203 Å². The highest BCUT2D eigenvalue weighted by Gasteiger charge is 2.15. The standard InChI is InChI=1S/C29H24N2O2S/c1-34-26-18-16-25(17-19-26)30-29(33)27(31-28(32)24-10-6-3-7-11-24)20-21-12-14-23(15-13-21)22-8-4-2-5-9-22/h2-20H,1H3,(H,30,33)(H,31,32)/b27-20-. The zero-order chi connectivity index (χ0) is 23.8. The first-order valence-electron chi connectivity index (χ1n) is 10.8. The van der Waals surface area contributed by atoms with Gasteiger partial charge in [0.2, 0.25) is 0 Å². The first kappa shape index (κ1) is 23.1. The molecule has 0 aliphatic heterocycles. The lowest BCUT2D eigenvalue weighted by molar-refractivity contribution is -0.113. The van der Waals surface area contributed by atoms with Crippen LogP contribution in [0.3, 0.4) is 0 Å². The monoisotopic (exact) mass is 464 g/mol. The molecule has 168 valence electrons. The van der Waals surface area contributed by atoms with Crippen LogP contribution < -0.4 is 10.6 Å². The van der Waals surface area contributed by atoms with Crippen molar-refractivity contribution in [3.05, 3.63) is 126 Å². The maximum absolute atomic E-state index is 13.1. The zero-order valence-corrected chi connectivity index (χ0v) is 19.5. The van der Waals surface area contributed by atoms with Crippen LogP contribution in [0.25, 0.3) is 17.2 Å². The van der Waals surface area contributed by atoms with Gasteiger partial charge in [0, 0.05) is 16.1 Å². The van der Waals surface area contributed by atoms with Gasteiger partial charge < -0.3 is 10.6 Å². The van der Waals surface area contributed by atoms with Gasteiger partial charge in [-0.3, -0.25) is 9.59 Å². The molecule has 0 bridgehead atoms. The summed E-state index contributed by atoms with van der Waals surface area (Å²) in [6, 6.07) is 34.3. The molecule has 4 aromatic rings. The van der Waals surface area contributed by atoms with Crippen molar-refractivity contribution in [3.63, 3.8) is 0 Å². The van der Waals surface area contributed by atoms with Crippen LogP contribution in [0.1, 0.15) is 15.9 Å². The molecule has 4 nitrogen and oxygen atoms in total. The number of rotatable bonds is 7. The third-order valence-corrected chi connectivity index (χ3v) is 5.95. The van der Waals surface area contributed by atoms with E-state index < -0.39 is 5.91 Å². The minimum atomic E-state index is -0.395. The van der Waals surface area contributed by atoms with Gasteiger partial charge in [-0.05, 0) is 65.4 Å². The van der Waals surface area contributed by atoms with E-state index in [9.17, 15) is 9.59 Å². The number of carbonyl (C=O) groups excluding carboxylic acids is 2. The maximum atomic E-state index is 13.1. The number of amides is 2. The molecular weight excluding hydrogens is 440 g/mol. The summed E-state index contributed by atoms with van der Waals surface area (Å²) < 4.78 is 0. The Morgan fingerprint density at radius 3 is 1.91 bits per heavy atom. The van der Waals surface area contributed by atoms with Gasteiger partial charge in [0.05, 0.1) is 0 Å². The summed E-state index contributed by atoms with van der Waals surface area (Å²) in [4.78, 5) is 27.0. The second-order valence-electron chi connectivity index (χ2n) is 7.55. The second kappa shape index (κ2) is 11.2. The first-order chi connectivity index (χ1) is 16.6. The minimum absolute atomic E-state index is 0.162. The van der Waals surface area contributed by atoms with Crippen LogP contribution in [0.4, 0.5) is 5.69 Å². The van der Waals surface area contributed by atoms with Crippen LogP contribution in [0.2, 0.25) is 0 Å². The summed E-state index contributed by atoms with van der Waals surface area (Å²) in [7, 11) is 0. The van der Waals surface area contributed by atoms with Crippen molar-refractivity contribution >= 4 is 35.3 Å². The number of hydrogen-bond acceptors (Lipinski definition) is 3. The lowest BCUT2D eigenvalue weighted by Gasteiger charge is -2.12. The highest BCUT2D eigenvalue weighted by Crippen LogP contribution is 2.21. The smallest absolute Gasteiger partial charge is 0.272 e. The maximum Gasteiger partial charge on any atom is 0.272 e. The van der Waals surface area contributed by atoms with Gasteiger partial charge in [-0.25, -0.2) is 0 Å². The molecule has 2 N–H and O–H groups in total. The van der Waals surface area contributed by atoms with Crippen LogP contribution in [-0.2, 0) is 4.79 Å². The van der Waals surface area contributed by atoms with Crippen molar-refractivity contribution in [3.8, 4) is 11.1 Å². The summed E-state index contributed by atoms with van der Waals surface area (Å²) in [6.07, 6.45) is 3.68. The average Bonchev–Trinajstić information content (AvgIpc) is 2.90. The number of nitrogens with one attached hydrogen (secondary N) is 2. The van der Waals surface area contributed by atoms with Crippen LogP contribution in [0.5, 0.6) is 0 Å². The third-order valence-electron chi connectivity index (χ3n) is 5.21. The number of benzene rings is 4. The van der Waals surface area contributed by atoms with Gasteiger partial charge >= 0.3 is 0 Å². The molecule has 2 amide bonds. The van der Waals surface area contributed by atoms with Crippen LogP contribution in [-0.4, -0.2) is 18.1 Å². The van der Waals surface area contributed by atoms with Gasteiger partial charge in [-0.1, -0.05) is 72.8 Å². The predicted molar refractivity (Wildman–Crippen MR) is 141 cm³/mol. The lowest BCUT2D eigenvalue weighted by Crippen LogP contribution is -2.30. The Morgan fingerprint density at radius 1 is 0.706 bits per heavy atom. The molecule has 34 heavy (non-hydrogen) atoms. The summed E-state index contributed by atoms with van der Waals surface area (Å²) in [5, 5.41) is 5.65. The quantitative estimate of drug-likeness (QED) is 0.243. The molecule has 0 aliphatic rings. The first-order valence-corrected chi connectivity index (χ1v) is 12.0. The van der Waals surface area contributed by atoms with E-state index in [0.717, 1.165) is 21.6 Å². The van der Waals surface area contributed by atoms with E-state index in [1.807, 2.05) is 91.2 Å². The van der Waals surface area contributed by atoms with Gasteiger partial charge in [-0.2, -0.15) is 0 Å². The number of hydrogen-bond donors (Lipinski definition) is 2. The van der Waals surface area contributed by atoms with E-state index in [1.54, 1.807) is 42.1 Å². The molecular formula is C29H24N2O2S. The fourth-order valence-corrected chi connectivity index (χ4v) is 3.79.